The lowest BCUT2D eigenvalue weighted by Gasteiger charge is -2.25. The third-order valence-corrected chi connectivity index (χ3v) is 3.85. The molecule has 1 aromatic carbocycles. The Morgan fingerprint density at radius 2 is 2.05 bits per heavy atom. The molecule has 1 aliphatic heterocycles. The van der Waals surface area contributed by atoms with Crippen LogP contribution in [0.2, 0.25) is 0 Å². The molecule has 1 fully saturated rings. The van der Waals surface area contributed by atoms with E-state index >= 15 is 0 Å². The summed E-state index contributed by atoms with van der Waals surface area (Å²) in [6.07, 6.45) is 3.37. The number of benzene rings is 1. The van der Waals surface area contributed by atoms with Crippen molar-refractivity contribution < 1.29 is 0 Å². The molecule has 2 N–H and O–H groups in total. The number of rotatable bonds is 3. The summed E-state index contributed by atoms with van der Waals surface area (Å²) >= 11 is 0. The number of hydrogen-bond acceptors (Lipinski definition) is 3. The number of piperidine rings is 1. The Morgan fingerprint density at radius 3 is 2.84 bits per heavy atom. The van der Waals surface area contributed by atoms with E-state index in [-0.39, 0.29) is 0 Å². The molecule has 100 valence electrons. The lowest BCUT2D eigenvalue weighted by atomic mass is 10.1. The van der Waals surface area contributed by atoms with Crippen molar-refractivity contribution in [2.45, 2.75) is 32.2 Å². The van der Waals surface area contributed by atoms with Crippen LogP contribution in [0, 0.1) is 0 Å². The largest absolute Gasteiger partial charge is 0.382 e. The summed E-state index contributed by atoms with van der Waals surface area (Å²) in [6.45, 7) is 4.37. The van der Waals surface area contributed by atoms with Gasteiger partial charge in [-0.3, -0.25) is 4.98 Å². The first-order chi connectivity index (χ1) is 9.36. The topological polar surface area (TPSA) is 37.0 Å². The van der Waals surface area contributed by atoms with Crippen LogP contribution >= 0.6 is 0 Å². The van der Waals surface area contributed by atoms with Gasteiger partial charge in [0.25, 0.3) is 0 Å². The van der Waals surface area contributed by atoms with Crippen LogP contribution in [0.5, 0.6) is 0 Å². The van der Waals surface area contributed by atoms with Gasteiger partial charge in [0.15, 0.2) is 0 Å². The van der Waals surface area contributed by atoms with Crippen LogP contribution in [0.4, 0.5) is 5.69 Å². The summed E-state index contributed by atoms with van der Waals surface area (Å²) in [5.41, 5.74) is 3.48. The van der Waals surface area contributed by atoms with E-state index in [0.29, 0.717) is 6.04 Å². The number of pyridine rings is 1. The number of nitrogens with one attached hydrogen (secondary N) is 2. The first-order valence-electron chi connectivity index (χ1n) is 7.22. The highest BCUT2D eigenvalue weighted by Crippen LogP contribution is 2.24. The number of aryl methyl sites for hydroxylation is 1. The van der Waals surface area contributed by atoms with Crippen molar-refractivity contribution in [2.75, 3.05) is 18.4 Å². The Bertz CT molecular complexity index is 559. The zero-order valence-corrected chi connectivity index (χ0v) is 11.4. The molecular formula is C16H21N3. The second kappa shape index (κ2) is 5.57. The third kappa shape index (κ3) is 2.71. The molecule has 2 heterocycles. The van der Waals surface area contributed by atoms with Crippen LogP contribution in [-0.2, 0) is 6.42 Å². The molecule has 0 radical (unpaired) electrons. The molecule has 1 aliphatic rings. The van der Waals surface area contributed by atoms with Crippen molar-refractivity contribution in [1.29, 1.82) is 0 Å². The minimum absolute atomic E-state index is 0.581. The fraction of sp³-hybridized carbons (Fsp3) is 0.438. The fourth-order valence-corrected chi connectivity index (χ4v) is 2.71. The van der Waals surface area contributed by atoms with Gasteiger partial charge in [0.1, 0.15) is 0 Å². The Labute approximate surface area is 114 Å². The normalized spacial score (nSPS) is 16.7. The van der Waals surface area contributed by atoms with E-state index in [1.165, 1.54) is 23.9 Å². The highest BCUT2D eigenvalue weighted by Gasteiger charge is 2.13. The Kier molecular flexibility index (Phi) is 3.65. The van der Waals surface area contributed by atoms with E-state index in [1.807, 2.05) is 0 Å². The standard InChI is InChI=1S/C16H21N3/c1-2-12-6-7-14-15(18-12)4-3-5-16(14)19-13-8-10-17-11-9-13/h3-7,13,17,19H,2,8-11H2,1H3. The SMILES string of the molecule is CCc1ccc2c(NC3CCNCC3)cccc2n1. The summed E-state index contributed by atoms with van der Waals surface area (Å²) in [5, 5.41) is 8.32. The second-order valence-electron chi connectivity index (χ2n) is 5.20. The minimum atomic E-state index is 0.581. The van der Waals surface area contributed by atoms with Gasteiger partial charge >= 0.3 is 0 Å². The zero-order chi connectivity index (χ0) is 13.1. The van der Waals surface area contributed by atoms with E-state index in [1.54, 1.807) is 0 Å². The van der Waals surface area contributed by atoms with Crippen LogP contribution in [0.25, 0.3) is 10.9 Å². The predicted octanol–water partition coefficient (Wildman–Crippen LogP) is 2.96. The average molecular weight is 255 g/mol. The Morgan fingerprint density at radius 1 is 1.21 bits per heavy atom. The van der Waals surface area contributed by atoms with Gasteiger partial charge < -0.3 is 10.6 Å². The smallest absolute Gasteiger partial charge is 0.0726 e. The lowest BCUT2D eigenvalue weighted by molar-refractivity contribution is 0.479. The highest BCUT2D eigenvalue weighted by molar-refractivity contribution is 5.91. The quantitative estimate of drug-likeness (QED) is 0.885. The molecule has 1 saturated heterocycles. The monoisotopic (exact) mass is 255 g/mol. The maximum atomic E-state index is 4.70. The Balaban J connectivity index is 1.90. The van der Waals surface area contributed by atoms with E-state index in [4.69, 9.17) is 4.98 Å². The number of hydrogen-bond donors (Lipinski definition) is 2. The van der Waals surface area contributed by atoms with Crippen LogP contribution < -0.4 is 10.6 Å². The lowest BCUT2D eigenvalue weighted by Crippen LogP contribution is -2.35. The van der Waals surface area contributed by atoms with Gasteiger partial charge in [0, 0.05) is 22.8 Å². The summed E-state index contributed by atoms with van der Waals surface area (Å²) in [6, 6.07) is 11.3. The first-order valence-corrected chi connectivity index (χ1v) is 7.22. The minimum Gasteiger partial charge on any atom is -0.382 e. The molecule has 3 heteroatoms. The predicted molar refractivity (Wildman–Crippen MR) is 80.6 cm³/mol. The van der Waals surface area contributed by atoms with Crippen molar-refractivity contribution in [1.82, 2.24) is 10.3 Å². The molecule has 19 heavy (non-hydrogen) atoms. The second-order valence-corrected chi connectivity index (χ2v) is 5.20. The van der Waals surface area contributed by atoms with E-state index < -0.39 is 0 Å². The number of nitrogens with zero attached hydrogens (tertiary/aromatic N) is 1. The molecule has 2 aromatic rings. The van der Waals surface area contributed by atoms with Crippen molar-refractivity contribution in [3.63, 3.8) is 0 Å². The molecule has 0 bridgehead atoms. The van der Waals surface area contributed by atoms with E-state index in [0.717, 1.165) is 30.7 Å². The average Bonchev–Trinajstić information content (AvgIpc) is 2.48. The Hall–Kier alpha value is -1.61. The van der Waals surface area contributed by atoms with Gasteiger partial charge in [-0.2, -0.15) is 0 Å². The van der Waals surface area contributed by atoms with Gasteiger partial charge in [-0.15, -0.1) is 0 Å². The molecule has 0 atom stereocenters. The van der Waals surface area contributed by atoms with Crippen LogP contribution in [0.15, 0.2) is 30.3 Å². The van der Waals surface area contributed by atoms with Crippen molar-refractivity contribution in [3.05, 3.63) is 36.0 Å². The molecular weight excluding hydrogens is 234 g/mol. The summed E-state index contributed by atoms with van der Waals surface area (Å²) < 4.78 is 0. The van der Waals surface area contributed by atoms with Gasteiger partial charge in [-0.05, 0) is 56.6 Å². The third-order valence-electron chi connectivity index (χ3n) is 3.85. The molecule has 0 aliphatic carbocycles. The molecule has 3 nitrogen and oxygen atoms in total. The highest BCUT2D eigenvalue weighted by atomic mass is 15.0. The zero-order valence-electron chi connectivity index (χ0n) is 11.4. The first kappa shape index (κ1) is 12.4. The molecule has 1 aromatic heterocycles. The molecule has 0 amide bonds. The van der Waals surface area contributed by atoms with E-state index in [9.17, 15) is 0 Å². The summed E-state index contributed by atoms with van der Waals surface area (Å²) in [5.74, 6) is 0. The molecule has 0 spiro atoms. The van der Waals surface area contributed by atoms with Gasteiger partial charge in [-0.1, -0.05) is 13.0 Å². The van der Waals surface area contributed by atoms with Gasteiger partial charge in [0.2, 0.25) is 0 Å². The van der Waals surface area contributed by atoms with Crippen molar-refractivity contribution in [3.8, 4) is 0 Å². The molecule has 0 saturated carbocycles. The van der Waals surface area contributed by atoms with Crippen molar-refractivity contribution >= 4 is 16.6 Å². The van der Waals surface area contributed by atoms with Gasteiger partial charge in [0.05, 0.1) is 5.52 Å². The molecule has 3 rings (SSSR count). The van der Waals surface area contributed by atoms with Crippen LogP contribution in [0.3, 0.4) is 0 Å². The summed E-state index contributed by atoms with van der Waals surface area (Å²) in [4.78, 5) is 4.70. The van der Waals surface area contributed by atoms with Crippen LogP contribution in [-0.4, -0.2) is 24.1 Å². The van der Waals surface area contributed by atoms with Gasteiger partial charge in [-0.25, -0.2) is 0 Å². The number of anilines is 1. The van der Waals surface area contributed by atoms with Crippen molar-refractivity contribution in [2.24, 2.45) is 0 Å². The number of aromatic nitrogens is 1. The van der Waals surface area contributed by atoms with E-state index in [2.05, 4.69) is 47.9 Å². The molecule has 0 unspecified atom stereocenters. The maximum absolute atomic E-state index is 4.70. The summed E-state index contributed by atoms with van der Waals surface area (Å²) in [7, 11) is 0. The number of fused-ring (bicyclic) bond motifs is 1. The van der Waals surface area contributed by atoms with Crippen LogP contribution in [0.1, 0.15) is 25.5 Å². The maximum Gasteiger partial charge on any atom is 0.0726 e. The fourth-order valence-electron chi connectivity index (χ4n) is 2.71.